The predicted octanol–water partition coefficient (Wildman–Crippen LogP) is 9.92. The highest BCUT2D eigenvalue weighted by Crippen LogP contribution is 2.69. The quantitative estimate of drug-likeness (QED) is 0.269. The lowest BCUT2D eigenvalue weighted by Crippen LogP contribution is -2.78. The Bertz CT molecular complexity index is 1650. The van der Waals surface area contributed by atoms with E-state index in [-0.39, 0.29) is 29.6 Å². The summed E-state index contributed by atoms with van der Waals surface area (Å²) < 4.78 is 32.4. The Morgan fingerprint density at radius 3 is 1.83 bits per heavy atom. The van der Waals surface area contributed by atoms with E-state index in [9.17, 15) is 0 Å². The topological polar surface area (TPSA) is 18.8 Å². The summed E-state index contributed by atoms with van der Waals surface area (Å²) in [5.74, 6) is 11.7. The molecule has 0 radical (unpaired) electrons. The summed E-state index contributed by atoms with van der Waals surface area (Å²) in [6, 6.07) is 6.99. The minimum Gasteiger partial charge on any atom is -0.337 e. The van der Waals surface area contributed by atoms with Gasteiger partial charge in [-0.25, -0.2) is 13.8 Å². The van der Waals surface area contributed by atoms with Gasteiger partial charge < -0.3 is 9.80 Å². The van der Waals surface area contributed by atoms with Crippen LogP contribution >= 0.6 is 0 Å². The fraction of sp³-hybridized carbons (Fsp3) is 0.851. The van der Waals surface area contributed by atoms with Crippen molar-refractivity contribution in [3.63, 3.8) is 0 Å². The van der Waals surface area contributed by atoms with Crippen LogP contribution in [-0.2, 0) is 0 Å². The normalized spacial score (nSPS) is 52.9. The van der Waals surface area contributed by atoms with Crippen molar-refractivity contribution >= 4 is 18.1 Å². The molecule has 3 nitrogen and oxygen atoms in total. The number of rotatable bonds is 1. The average Bonchev–Trinajstić information content (AvgIpc) is 3.56. The first-order valence-corrected chi connectivity index (χ1v) is 23.2. The molecule has 10 saturated carbocycles. The third kappa shape index (κ3) is 4.43. The van der Waals surface area contributed by atoms with Crippen LogP contribution in [0, 0.1) is 94.0 Å². The van der Waals surface area contributed by atoms with Crippen LogP contribution in [0.2, 0.25) is 11.6 Å². The van der Waals surface area contributed by atoms with E-state index in [4.69, 9.17) is 4.99 Å². The second kappa shape index (κ2) is 11.5. The third-order valence-corrected chi connectivity index (χ3v) is 20.4. The summed E-state index contributed by atoms with van der Waals surface area (Å²) >= 11 is 0. The molecule has 0 spiro atoms. The molecular weight excluding hydrogens is 655 g/mol. The Labute approximate surface area is 319 Å². The monoisotopic (exact) mass is 722 g/mol. The molecule has 10 aliphatic carbocycles. The van der Waals surface area contributed by atoms with E-state index in [0.717, 1.165) is 66.6 Å². The van der Waals surface area contributed by atoms with Crippen LogP contribution in [0.15, 0.2) is 23.2 Å². The minimum atomic E-state index is -0.290. The lowest BCUT2D eigenvalue weighted by molar-refractivity contribution is -0.174. The van der Waals surface area contributed by atoms with Gasteiger partial charge in [-0.2, -0.15) is 0 Å². The fourth-order valence-electron chi connectivity index (χ4n) is 18.4. The summed E-state index contributed by atoms with van der Waals surface area (Å²) in [6.07, 6.45) is 19.0. The summed E-state index contributed by atoms with van der Waals surface area (Å²) in [7, 11) is 0. The van der Waals surface area contributed by atoms with Crippen LogP contribution in [0.4, 0.5) is 8.78 Å². The third-order valence-electron chi connectivity index (χ3n) is 20.4. The molecular formula is C47H66BF2N3. The Morgan fingerprint density at radius 2 is 1.17 bits per heavy atom. The van der Waals surface area contributed by atoms with Crippen LogP contribution in [-0.4, -0.2) is 52.7 Å². The number of benzene rings is 1. The second-order valence-corrected chi connectivity index (χ2v) is 22.9. The zero-order chi connectivity index (χ0) is 35.8. The smallest absolute Gasteiger partial charge is 0.198 e. The van der Waals surface area contributed by atoms with Crippen molar-refractivity contribution in [2.45, 2.75) is 166 Å². The van der Waals surface area contributed by atoms with Gasteiger partial charge in [0.25, 0.3) is 0 Å². The molecule has 12 fully saturated rings. The van der Waals surface area contributed by atoms with Crippen molar-refractivity contribution in [2.24, 2.45) is 87.3 Å². The van der Waals surface area contributed by atoms with Crippen molar-refractivity contribution in [1.29, 1.82) is 0 Å². The van der Waals surface area contributed by atoms with Gasteiger partial charge in [0, 0.05) is 24.0 Å². The molecule has 3 aliphatic heterocycles. The van der Waals surface area contributed by atoms with Gasteiger partial charge in [0.1, 0.15) is 11.6 Å². The number of guanidine groups is 1. The van der Waals surface area contributed by atoms with Crippen molar-refractivity contribution in [1.82, 2.24) is 9.80 Å². The van der Waals surface area contributed by atoms with Crippen molar-refractivity contribution in [2.75, 3.05) is 0 Å². The van der Waals surface area contributed by atoms with Gasteiger partial charge in [0.15, 0.2) is 12.7 Å². The number of halogens is 2. The molecule has 13 aliphatic rings. The fourth-order valence-corrected chi connectivity index (χ4v) is 18.4. The molecule has 0 amide bonds. The highest BCUT2D eigenvalue weighted by atomic mass is 19.1. The zero-order valence-corrected chi connectivity index (χ0v) is 33.4. The average molecular weight is 722 g/mol. The number of fused-ring (bicyclic) bond motifs is 11. The highest BCUT2D eigenvalue weighted by molar-refractivity contribution is 6.76. The summed E-state index contributed by atoms with van der Waals surface area (Å²) in [4.78, 5) is 12.6. The van der Waals surface area contributed by atoms with E-state index in [1.165, 1.54) is 76.6 Å². The van der Waals surface area contributed by atoms with Crippen molar-refractivity contribution in [3.8, 4) is 0 Å². The number of hydrogen-bond donors (Lipinski definition) is 0. The molecule has 2 saturated heterocycles. The molecule has 1 aromatic carbocycles. The molecule has 6 heteroatoms. The van der Waals surface area contributed by atoms with Crippen LogP contribution in [0.5, 0.6) is 0 Å². The summed E-state index contributed by atoms with van der Waals surface area (Å²) in [6.45, 7) is 12.4. The van der Waals surface area contributed by atoms with E-state index in [2.05, 4.69) is 44.4 Å². The van der Waals surface area contributed by atoms with Crippen molar-refractivity contribution < 1.29 is 8.78 Å². The van der Waals surface area contributed by atoms with Crippen LogP contribution in [0.3, 0.4) is 0 Å². The lowest BCUT2D eigenvalue weighted by atomic mass is 9.22. The number of aliphatic imine (C=N–C) groups is 1. The van der Waals surface area contributed by atoms with E-state index in [1.54, 1.807) is 18.2 Å². The first-order valence-electron chi connectivity index (χ1n) is 23.2. The first kappa shape index (κ1) is 33.5. The van der Waals surface area contributed by atoms with Crippen LogP contribution in [0.25, 0.3) is 0 Å². The molecule has 16 unspecified atom stereocenters. The van der Waals surface area contributed by atoms with Gasteiger partial charge in [-0.15, -0.1) is 0 Å². The molecule has 286 valence electrons. The van der Waals surface area contributed by atoms with E-state index in [0.29, 0.717) is 71.1 Å². The minimum absolute atomic E-state index is 0.0351. The number of nitrogens with zero attached hydrogens (tertiary/aromatic N) is 3. The Balaban J connectivity index is 1.06. The van der Waals surface area contributed by atoms with Crippen LogP contribution < -0.4 is 5.46 Å². The van der Waals surface area contributed by atoms with E-state index in [1.807, 2.05) is 0 Å². The van der Waals surface area contributed by atoms with Crippen LogP contribution in [0.1, 0.15) is 125 Å². The highest BCUT2D eigenvalue weighted by Gasteiger charge is 2.71. The Morgan fingerprint density at radius 1 is 0.604 bits per heavy atom. The molecule has 1 aromatic rings. The van der Waals surface area contributed by atoms with Gasteiger partial charge in [-0.1, -0.05) is 59.9 Å². The Kier molecular flexibility index (Phi) is 7.29. The standard InChI is InChI=1S/C47H66BF2N3/c1-23-19-32-35(20-24(23)2)52-44-31(48(32)42-33(49)7-6-8-34(42)50)18-17-29-21-30(47(3,4)5)22-36(37(29)44)53-45-41-28-15-11-26(12-16-28)39(41)38-25-9-13-27(14-10-25)40(38)43(45)51-46(52)53/h6-8,23-32,35-41,43-45H,9-22H2,1-5H3. The molecule has 3 heterocycles. The predicted molar refractivity (Wildman–Crippen MR) is 210 cm³/mol. The lowest BCUT2D eigenvalue weighted by Gasteiger charge is -2.71. The second-order valence-electron chi connectivity index (χ2n) is 22.9. The number of hydrogen-bond acceptors (Lipinski definition) is 3. The maximum atomic E-state index is 16.2. The largest absolute Gasteiger partial charge is 0.337 e. The van der Waals surface area contributed by atoms with Gasteiger partial charge in [-0.3, -0.25) is 0 Å². The molecule has 0 aromatic heterocycles. The van der Waals surface area contributed by atoms with Crippen molar-refractivity contribution in [3.05, 3.63) is 29.8 Å². The molecule has 0 N–H and O–H groups in total. The molecule has 4 bridgehead atoms. The summed E-state index contributed by atoms with van der Waals surface area (Å²) in [5.41, 5.74) is 0.729. The van der Waals surface area contributed by atoms with Gasteiger partial charge in [0.2, 0.25) is 0 Å². The zero-order valence-electron chi connectivity index (χ0n) is 33.4. The maximum absolute atomic E-state index is 16.2. The summed E-state index contributed by atoms with van der Waals surface area (Å²) in [5, 5.41) is 0. The molecule has 14 rings (SSSR count). The van der Waals surface area contributed by atoms with Gasteiger partial charge in [0.05, 0.1) is 12.1 Å². The SMILES string of the molecule is CC1CC2B(c3c(F)cccc3F)C3CCC4CC(C(C)(C)C)CC5C4C3N(C3=NC4C6C7CCC(CC7)C6C6C7CCC(CC7)C6C4N35)C2CC1C. The first-order chi connectivity index (χ1) is 25.6. The Hall–Kier alpha value is -1.59. The van der Waals surface area contributed by atoms with E-state index >= 15 is 8.78 Å². The molecule has 53 heavy (non-hydrogen) atoms. The molecule has 16 atom stereocenters. The van der Waals surface area contributed by atoms with Gasteiger partial charge in [-0.05, 0) is 176 Å². The van der Waals surface area contributed by atoms with Gasteiger partial charge >= 0.3 is 0 Å². The maximum Gasteiger partial charge on any atom is 0.198 e. The van der Waals surface area contributed by atoms with E-state index < -0.39 is 0 Å².